The zero-order chi connectivity index (χ0) is 13.0. The molecule has 0 saturated carbocycles. The maximum Gasteiger partial charge on any atom is 0.166 e. The predicted molar refractivity (Wildman–Crippen MR) is 70.4 cm³/mol. The zero-order valence-electron chi connectivity index (χ0n) is 11.0. The molecule has 1 saturated heterocycles. The third-order valence-corrected chi connectivity index (χ3v) is 3.51. The monoisotopic (exact) mass is 245 g/mol. The summed E-state index contributed by atoms with van der Waals surface area (Å²) in [6.45, 7) is 5.72. The van der Waals surface area contributed by atoms with Crippen molar-refractivity contribution in [3.8, 4) is 6.07 Å². The van der Waals surface area contributed by atoms with E-state index in [0.717, 1.165) is 30.8 Å². The minimum atomic E-state index is 0.600. The van der Waals surface area contributed by atoms with Crippen molar-refractivity contribution >= 4 is 5.82 Å². The molecule has 1 atom stereocenters. The molecule has 0 bridgehead atoms. The van der Waals surface area contributed by atoms with Crippen LogP contribution in [0.4, 0.5) is 5.82 Å². The summed E-state index contributed by atoms with van der Waals surface area (Å²) in [4.78, 5) is 0. The van der Waals surface area contributed by atoms with Crippen LogP contribution in [0, 0.1) is 25.2 Å². The molecule has 0 aliphatic carbocycles. The molecular formula is C13H19N5. The quantitative estimate of drug-likeness (QED) is 0.841. The second kappa shape index (κ2) is 5.78. The molecule has 1 aromatic heterocycles. The van der Waals surface area contributed by atoms with Gasteiger partial charge in [0.1, 0.15) is 11.6 Å². The lowest BCUT2D eigenvalue weighted by molar-refractivity contribution is 0.574. The van der Waals surface area contributed by atoms with Crippen molar-refractivity contribution in [2.45, 2.75) is 39.2 Å². The van der Waals surface area contributed by atoms with E-state index in [4.69, 9.17) is 5.26 Å². The van der Waals surface area contributed by atoms with Gasteiger partial charge < -0.3 is 10.6 Å². The second-order valence-corrected chi connectivity index (χ2v) is 4.75. The summed E-state index contributed by atoms with van der Waals surface area (Å²) in [6.07, 6.45) is 3.56. The van der Waals surface area contributed by atoms with Gasteiger partial charge in [0.2, 0.25) is 0 Å². The molecule has 1 aliphatic rings. The zero-order valence-corrected chi connectivity index (χ0v) is 11.0. The molecular weight excluding hydrogens is 226 g/mol. The number of aryl methyl sites for hydroxylation is 1. The first-order valence-corrected chi connectivity index (χ1v) is 6.43. The van der Waals surface area contributed by atoms with Crippen molar-refractivity contribution in [3.05, 3.63) is 16.8 Å². The Morgan fingerprint density at radius 3 is 2.94 bits per heavy atom. The van der Waals surface area contributed by atoms with E-state index in [1.54, 1.807) is 0 Å². The molecule has 2 heterocycles. The number of hydrogen-bond acceptors (Lipinski definition) is 5. The fourth-order valence-electron chi connectivity index (χ4n) is 2.24. The summed E-state index contributed by atoms with van der Waals surface area (Å²) in [6, 6.07) is 2.80. The van der Waals surface area contributed by atoms with Crippen LogP contribution in [0.2, 0.25) is 0 Å². The smallest absolute Gasteiger partial charge is 0.166 e. The maximum atomic E-state index is 9.16. The van der Waals surface area contributed by atoms with Gasteiger partial charge in [0.05, 0.1) is 5.69 Å². The van der Waals surface area contributed by atoms with Crippen molar-refractivity contribution < 1.29 is 0 Å². The number of nitrogens with one attached hydrogen (secondary N) is 2. The summed E-state index contributed by atoms with van der Waals surface area (Å²) < 4.78 is 0. The summed E-state index contributed by atoms with van der Waals surface area (Å²) >= 11 is 0. The average molecular weight is 245 g/mol. The van der Waals surface area contributed by atoms with E-state index in [1.165, 1.54) is 12.8 Å². The highest BCUT2D eigenvalue weighted by atomic mass is 15.2. The number of hydrogen-bond donors (Lipinski definition) is 2. The van der Waals surface area contributed by atoms with Gasteiger partial charge in [-0.2, -0.15) is 10.4 Å². The van der Waals surface area contributed by atoms with Crippen LogP contribution in [0.15, 0.2) is 0 Å². The van der Waals surface area contributed by atoms with Gasteiger partial charge in [-0.3, -0.25) is 0 Å². The third-order valence-electron chi connectivity index (χ3n) is 3.51. The molecule has 2 N–H and O–H groups in total. The molecule has 0 amide bonds. The normalized spacial score (nSPS) is 18.6. The summed E-state index contributed by atoms with van der Waals surface area (Å²) in [7, 11) is 0. The van der Waals surface area contributed by atoms with Crippen LogP contribution < -0.4 is 10.6 Å². The van der Waals surface area contributed by atoms with Crippen molar-refractivity contribution in [2.24, 2.45) is 0 Å². The lowest BCUT2D eigenvalue weighted by Gasteiger charge is -2.12. The number of rotatable bonds is 4. The largest absolute Gasteiger partial charge is 0.367 e. The first-order valence-electron chi connectivity index (χ1n) is 6.43. The Hall–Kier alpha value is -1.67. The van der Waals surface area contributed by atoms with E-state index in [0.29, 0.717) is 17.4 Å². The van der Waals surface area contributed by atoms with E-state index in [9.17, 15) is 0 Å². The van der Waals surface area contributed by atoms with E-state index in [2.05, 4.69) is 26.9 Å². The Morgan fingerprint density at radius 1 is 1.44 bits per heavy atom. The number of nitrogens with zero attached hydrogens (tertiary/aromatic N) is 3. The van der Waals surface area contributed by atoms with Gasteiger partial charge in [-0.15, -0.1) is 5.10 Å². The van der Waals surface area contributed by atoms with Crippen LogP contribution >= 0.6 is 0 Å². The van der Waals surface area contributed by atoms with Gasteiger partial charge in [0.25, 0.3) is 0 Å². The lowest BCUT2D eigenvalue weighted by Crippen LogP contribution is -2.24. The van der Waals surface area contributed by atoms with Crippen LogP contribution in [0.5, 0.6) is 0 Å². The van der Waals surface area contributed by atoms with Crippen LogP contribution in [0.1, 0.15) is 36.1 Å². The molecule has 96 valence electrons. The van der Waals surface area contributed by atoms with Gasteiger partial charge in [-0.1, -0.05) is 0 Å². The molecule has 2 rings (SSSR count). The standard InChI is InChI=1S/C13H19N5/c1-9-10(2)17-18-13(12(9)8-14)16-7-5-11-4-3-6-15-11/h11,15H,3-7H2,1-2H3,(H,16,18)/t11-/m0/s1. The summed E-state index contributed by atoms with van der Waals surface area (Å²) in [5.74, 6) is 0.610. The van der Waals surface area contributed by atoms with Gasteiger partial charge in [0, 0.05) is 12.6 Å². The highest BCUT2D eigenvalue weighted by Crippen LogP contribution is 2.17. The summed E-state index contributed by atoms with van der Waals surface area (Å²) in [5.41, 5.74) is 2.34. The molecule has 0 radical (unpaired) electrons. The van der Waals surface area contributed by atoms with E-state index in [-0.39, 0.29) is 0 Å². The summed E-state index contributed by atoms with van der Waals surface area (Å²) in [5, 5.41) is 24.0. The first-order chi connectivity index (χ1) is 8.72. The second-order valence-electron chi connectivity index (χ2n) is 4.75. The van der Waals surface area contributed by atoms with Crippen molar-refractivity contribution in [3.63, 3.8) is 0 Å². The Morgan fingerprint density at radius 2 is 2.28 bits per heavy atom. The fourth-order valence-corrected chi connectivity index (χ4v) is 2.24. The highest BCUT2D eigenvalue weighted by molar-refractivity contribution is 5.55. The van der Waals surface area contributed by atoms with E-state index in [1.807, 2.05) is 13.8 Å². The van der Waals surface area contributed by atoms with Crippen molar-refractivity contribution in [1.82, 2.24) is 15.5 Å². The molecule has 1 fully saturated rings. The minimum absolute atomic E-state index is 0.600. The average Bonchev–Trinajstić information content (AvgIpc) is 2.87. The highest BCUT2D eigenvalue weighted by Gasteiger charge is 2.14. The van der Waals surface area contributed by atoms with Crippen LogP contribution in [0.25, 0.3) is 0 Å². The van der Waals surface area contributed by atoms with Gasteiger partial charge in [-0.05, 0) is 45.2 Å². The minimum Gasteiger partial charge on any atom is -0.367 e. The number of nitriles is 1. The lowest BCUT2D eigenvalue weighted by atomic mass is 10.1. The molecule has 1 aliphatic heterocycles. The molecule has 0 unspecified atom stereocenters. The van der Waals surface area contributed by atoms with Crippen molar-refractivity contribution in [2.75, 3.05) is 18.4 Å². The maximum absolute atomic E-state index is 9.16. The molecule has 5 nitrogen and oxygen atoms in total. The van der Waals surface area contributed by atoms with Gasteiger partial charge in [-0.25, -0.2) is 0 Å². The molecule has 5 heteroatoms. The van der Waals surface area contributed by atoms with Crippen LogP contribution in [0.3, 0.4) is 0 Å². The van der Waals surface area contributed by atoms with Gasteiger partial charge >= 0.3 is 0 Å². The Balaban J connectivity index is 1.96. The topological polar surface area (TPSA) is 73.6 Å². The molecule has 1 aromatic rings. The Kier molecular flexibility index (Phi) is 4.11. The first kappa shape index (κ1) is 12.8. The Labute approximate surface area is 108 Å². The molecule has 0 aromatic carbocycles. The van der Waals surface area contributed by atoms with Crippen LogP contribution in [-0.2, 0) is 0 Å². The van der Waals surface area contributed by atoms with Crippen LogP contribution in [-0.4, -0.2) is 29.3 Å². The number of aromatic nitrogens is 2. The van der Waals surface area contributed by atoms with Gasteiger partial charge in [0.15, 0.2) is 5.82 Å². The number of anilines is 1. The van der Waals surface area contributed by atoms with Crippen molar-refractivity contribution in [1.29, 1.82) is 5.26 Å². The molecule has 0 spiro atoms. The predicted octanol–water partition coefficient (Wildman–Crippen LogP) is 1.52. The van der Waals surface area contributed by atoms with E-state index >= 15 is 0 Å². The SMILES string of the molecule is Cc1nnc(NCC[C@@H]2CCCN2)c(C#N)c1C. The fraction of sp³-hybridized carbons (Fsp3) is 0.615. The van der Waals surface area contributed by atoms with E-state index < -0.39 is 0 Å². The third kappa shape index (κ3) is 2.77. The Bertz CT molecular complexity index is 457. The molecule has 18 heavy (non-hydrogen) atoms.